The topological polar surface area (TPSA) is 12.0 Å². The summed E-state index contributed by atoms with van der Waals surface area (Å²) in [6, 6.07) is 15.9. The molecule has 1 aliphatic rings. The van der Waals surface area contributed by atoms with E-state index in [1.807, 2.05) is 0 Å². The molecule has 0 fully saturated rings. The van der Waals surface area contributed by atoms with Crippen molar-refractivity contribution in [3.05, 3.63) is 63.6 Å². The Labute approximate surface area is 123 Å². The lowest BCUT2D eigenvalue weighted by Gasteiger charge is -2.26. The van der Waals surface area contributed by atoms with E-state index in [4.69, 9.17) is 0 Å². The lowest BCUT2D eigenvalue weighted by Crippen LogP contribution is -2.27. The van der Waals surface area contributed by atoms with Crippen LogP contribution in [0.3, 0.4) is 0 Å². The Morgan fingerprint density at radius 3 is 2.63 bits per heavy atom. The summed E-state index contributed by atoms with van der Waals surface area (Å²) in [4.78, 5) is 0. The van der Waals surface area contributed by atoms with Crippen molar-refractivity contribution in [3.8, 4) is 0 Å². The number of anilines is 1. The van der Waals surface area contributed by atoms with Crippen LogP contribution in [0.25, 0.3) is 0 Å². The first-order chi connectivity index (χ1) is 9.20. The second-order valence-corrected chi connectivity index (χ2v) is 6.28. The van der Waals surface area contributed by atoms with Crippen molar-refractivity contribution in [2.45, 2.75) is 32.2 Å². The van der Waals surface area contributed by atoms with Gasteiger partial charge in [0, 0.05) is 16.2 Å². The van der Waals surface area contributed by atoms with Crippen LogP contribution in [0, 0.1) is 6.92 Å². The van der Waals surface area contributed by atoms with Crippen LogP contribution in [0.1, 0.15) is 23.1 Å². The van der Waals surface area contributed by atoms with E-state index in [2.05, 4.69) is 70.6 Å². The van der Waals surface area contributed by atoms with Crippen molar-refractivity contribution < 1.29 is 0 Å². The van der Waals surface area contributed by atoms with Crippen LogP contribution in [0.2, 0.25) is 0 Å². The molecule has 1 aliphatic carbocycles. The number of hydrogen-bond acceptors (Lipinski definition) is 1. The molecule has 0 bridgehead atoms. The van der Waals surface area contributed by atoms with Crippen LogP contribution in [0.4, 0.5) is 5.69 Å². The second-order valence-electron chi connectivity index (χ2n) is 5.36. The minimum atomic E-state index is 0.552. The minimum absolute atomic E-state index is 0.552. The predicted octanol–water partition coefficient (Wildman–Crippen LogP) is 4.73. The van der Waals surface area contributed by atoms with Gasteiger partial charge in [-0.2, -0.15) is 0 Å². The third kappa shape index (κ3) is 3.01. The van der Waals surface area contributed by atoms with Gasteiger partial charge in [-0.1, -0.05) is 39.7 Å². The molecule has 0 amide bonds. The molecule has 0 aromatic heterocycles. The van der Waals surface area contributed by atoms with Crippen LogP contribution in [-0.4, -0.2) is 6.04 Å². The molecule has 2 aromatic carbocycles. The monoisotopic (exact) mass is 315 g/mol. The fraction of sp³-hybridized carbons (Fsp3) is 0.294. The zero-order valence-corrected chi connectivity index (χ0v) is 12.7. The van der Waals surface area contributed by atoms with Gasteiger partial charge in [0.25, 0.3) is 0 Å². The van der Waals surface area contributed by atoms with Crippen LogP contribution in [0.5, 0.6) is 0 Å². The molecule has 0 saturated heterocycles. The van der Waals surface area contributed by atoms with Crippen LogP contribution < -0.4 is 5.32 Å². The lowest BCUT2D eigenvalue weighted by atomic mass is 9.88. The Morgan fingerprint density at radius 2 is 1.84 bits per heavy atom. The van der Waals surface area contributed by atoms with Gasteiger partial charge >= 0.3 is 0 Å². The van der Waals surface area contributed by atoms with E-state index in [0.29, 0.717) is 6.04 Å². The molecule has 98 valence electrons. The number of benzene rings is 2. The molecule has 0 aliphatic heterocycles. The van der Waals surface area contributed by atoms with Gasteiger partial charge in [0.2, 0.25) is 0 Å². The summed E-state index contributed by atoms with van der Waals surface area (Å²) in [5, 5.41) is 3.65. The van der Waals surface area contributed by atoms with Crippen molar-refractivity contribution in [1.82, 2.24) is 0 Å². The smallest absolute Gasteiger partial charge is 0.0342 e. The number of fused-ring (bicyclic) bond motifs is 1. The molecule has 1 unspecified atom stereocenters. The number of aryl methyl sites for hydroxylation is 2. The summed E-state index contributed by atoms with van der Waals surface area (Å²) >= 11 is 3.55. The number of rotatable bonds is 2. The largest absolute Gasteiger partial charge is 0.382 e. The van der Waals surface area contributed by atoms with Gasteiger partial charge in [-0.05, 0) is 61.6 Å². The van der Waals surface area contributed by atoms with Gasteiger partial charge in [0.05, 0.1) is 0 Å². The van der Waals surface area contributed by atoms with E-state index < -0.39 is 0 Å². The Balaban J connectivity index is 1.72. The van der Waals surface area contributed by atoms with Crippen molar-refractivity contribution in [2.75, 3.05) is 5.32 Å². The zero-order valence-electron chi connectivity index (χ0n) is 11.1. The standard InChI is InChI=1S/C17H18BrN/c1-12-2-7-16(8-3-12)19-17-9-5-13-10-15(18)6-4-14(13)11-17/h2-4,6-8,10,17,19H,5,9,11H2,1H3. The van der Waals surface area contributed by atoms with Crippen molar-refractivity contribution >= 4 is 21.6 Å². The summed E-state index contributed by atoms with van der Waals surface area (Å²) in [6.45, 7) is 2.12. The highest BCUT2D eigenvalue weighted by molar-refractivity contribution is 9.10. The number of nitrogens with one attached hydrogen (secondary N) is 1. The van der Waals surface area contributed by atoms with Crippen LogP contribution in [0.15, 0.2) is 46.9 Å². The molecule has 19 heavy (non-hydrogen) atoms. The maximum atomic E-state index is 3.65. The molecule has 1 N–H and O–H groups in total. The maximum Gasteiger partial charge on any atom is 0.0342 e. The van der Waals surface area contributed by atoms with E-state index in [1.54, 1.807) is 0 Å². The predicted molar refractivity (Wildman–Crippen MR) is 84.8 cm³/mol. The summed E-state index contributed by atoms with van der Waals surface area (Å²) in [5.41, 5.74) is 5.52. The highest BCUT2D eigenvalue weighted by atomic mass is 79.9. The Morgan fingerprint density at radius 1 is 1.05 bits per heavy atom. The maximum absolute atomic E-state index is 3.65. The Kier molecular flexibility index (Phi) is 3.61. The van der Waals surface area contributed by atoms with Gasteiger partial charge in [-0.25, -0.2) is 0 Å². The third-order valence-corrected chi connectivity index (χ3v) is 4.31. The molecule has 2 heteroatoms. The van der Waals surface area contributed by atoms with Gasteiger partial charge in [0.1, 0.15) is 0 Å². The minimum Gasteiger partial charge on any atom is -0.382 e. The van der Waals surface area contributed by atoms with E-state index >= 15 is 0 Å². The average molecular weight is 316 g/mol. The van der Waals surface area contributed by atoms with Crippen molar-refractivity contribution in [2.24, 2.45) is 0 Å². The zero-order chi connectivity index (χ0) is 13.2. The molecular formula is C17H18BrN. The Hall–Kier alpha value is -1.28. The van der Waals surface area contributed by atoms with E-state index in [9.17, 15) is 0 Å². The Bertz CT molecular complexity index is 574. The summed E-state index contributed by atoms with van der Waals surface area (Å²) in [6.07, 6.45) is 3.49. The first-order valence-corrected chi connectivity index (χ1v) is 7.60. The van der Waals surface area contributed by atoms with E-state index in [-0.39, 0.29) is 0 Å². The number of halogens is 1. The van der Waals surface area contributed by atoms with Crippen molar-refractivity contribution in [3.63, 3.8) is 0 Å². The van der Waals surface area contributed by atoms with Crippen LogP contribution >= 0.6 is 15.9 Å². The fourth-order valence-corrected chi connectivity index (χ4v) is 3.14. The molecular weight excluding hydrogens is 298 g/mol. The molecule has 0 heterocycles. The first-order valence-electron chi connectivity index (χ1n) is 6.81. The first kappa shape index (κ1) is 12.7. The quantitative estimate of drug-likeness (QED) is 0.845. The molecule has 0 saturated carbocycles. The highest BCUT2D eigenvalue weighted by Crippen LogP contribution is 2.26. The van der Waals surface area contributed by atoms with Crippen molar-refractivity contribution in [1.29, 1.82) is 0 Å². The average Bonchev–Trinajstić information content (AvgIpc) is 2.42. The molecule has 0 spiro atoms. The fourth-order valence-electron chi connectivity index (χ4n) is 2.73. The molecule has 0 radical (unpaired) electrons. The lowest BCUT2D eigenvalue weighted by molar-refractivity contribution is 0.610. The number of hydrogen-bond donors (Lipinski definition) is 1. The highest BCUT2D eigenvalue weighted by Gasteiger charge is 2.18. The molecule has 1 nitrogen and oxygen atoms in total. The molecule has 3 rings (SSSR count). The van der Waals surface area contributed by atoms with E-state index in [0.717, 1.165) is 12.8 Å². The van der Waals surface area contributed by atoms with Gasteiger partial charge in [-0.3, -0.25) is 0 Å². The van der Waals surface area contributed by atoms with E-state index in [1.165, 1.54) is 33.3 Å². The summed E-state index contributed by atoms with van der Waals surface area (Å²) < 4.78 is 1.19. The SMILES string of the molecule is Cc1ccc(NC2CCc3cc(Br)ccc3C2)cc1. The molecule has 1 atom stereocenters. The third-order valence-electron chi connectivity index (χ3n) is 3.82. The second kappa shape index (κ2) is 5.38. The summed E-state index contributed by atoms with van der Waals surface area (Å²) in [5.74, 6) is 0. The normalized spacial score (nSPS) is 17.9. The van der Waals surface area contributed by atoms with Gasteiger partial charge < -0.3 is 5.32 Å². The molecule has 2 aromatic rings. The summed E-state index contributed by atoms with van der Waals surface area (Å²) in [7, 11) is 0. The van der Waals surface area contributed by atoms with Gasteiger partial charge in [0.15, 0.2) is 0 Å². The van der Waals surface area contributed by atoms with Crippen LogP contribution in [-0.2, 0) is 12.8 Å². The van der Waals surface area contributed by atoms with Gasteiger partial charge in [-0.15, -0.1) is 0 Å².